The van der Waals surface area contributed by atoms with E-state index < -0.39 is 6.10 Å². The Bertz CT molecular complexity index is 1160. The zero-order valence-corrected chi connectivity index (χ0v) is 18.0. The lowest BCUT2D eigenvalue weighted by atomic mass is 9.99. The van der Waals surface area contributed by atoms with Gasteiger partial charge in [0.25, 0.3) is 0 Å². The van der Waals surface area contributed by atoms with Gasteiger partial charge in [-0.1, -0.05) is 36.4 Å². The molecule has 0 saturated carbocycles. The molecule has 2 aromatic carbocycles. The van der Waals surface area contributed by atoms with Crippen LogP contribution in [-0.4, -0.2) is 32.7 Å². The fourth-order valence-corrected chi connectivity index (χ4v) is 4.29. The third-order valence-corrected chi connectivity index (χ3v) is 5.94. The maximum absolute atomic E-state index is 10.8. The number of pyridine rings is 1. The zero-order chi connectivity index (χ0) is 21.8. The number of hydrogen-bond acceptors (Lipinski definition) is 4. The first-order valence-corrected chi connectivity index (χ1v) is 11.0. The Kier molecular flexibility index (Phi) is 6.01. The molecule has 1 N–H and O–H groups in total. The van der Waals surface area contributed by atoms with E-state index in [2.05, 4.69) is 57.0 Å². The van der Waals surface area contributed by atoms with Crippen LogP contribution in [0.15, 0.2) is 91.4 Å². The second-order valence-corrected chi connectivity index (χ2v) is 8.21. The molecule has 0 bridgehead atoms. The van der Waals surface area contributed by atoms with Crippen molar-refractivity contribution < 1.29 is 9.84 Å². The topological polar surface area (TPSA) is 50.5 Å². The molecule has 0 amide bonds. The van der Waals surface area contributed by atoms with Crippen molar-refractivity contribution in [2.75, 3.05) is 13.2 Å². The minimum Gasteiger partial charge on any atom is -0.492 e. The van der Waals surface area contributed by atoms with Crippen LogP contribution in [0, 0.1) is 0 Å². The molecule has 1 aliphatic rings. The van der Waals surface area contributed by atoms with Gasteiger partial charge in [0, 0.05) is 49.7 Å². The highest BCUT2D eigenvalue weighted by Gasteiger charge is 2.19. The van der Waals surface area contributed by atoms with E-state index in [1.807, 2.05) is 42.6 Å². The van der Waals surface area contributed by atoms with Crippen molar-refractivity contribution in [3.63, 3.8) is 0 Å². The smallest absolute Gasteiger partial charge is 0.123 e. The molecule has 5 nitrogen and oxygen atoms in total. The maximum Gasteiger partial charge on any atom is 0.123 e. The van der Waals surface area contributed by atoms with Crippen molar-refractivity contribution in [3.05, 3.63) is 114 Å². The number of aliphatic hydroxyl groups excluding tert-OH is 1. The van der Waals surface area contributed by atoms with Gasteiger partial charge in [-0.3, -0.25) is 9.88 Å². The van der Waals surface area contributed by atoms with E-state index >= 15 is 0 Å². The Balaban J connectivity index is 1.33. The summed E-state index contributed by atoms with van der Waals surface area (Å²) in [5.41, 5.74) is 5.44. The Morgan fingerprint density at radius 3 is 2.75 bits per heavy atom. The van der Waals surface area contributed by atoms with Crippen LogP contribution in [0.5, 0.6) is 5.75 Å². The molecule has 5 rings (SSSR count). The Hall–Kier alpha value is -3.41. The molecule has 0 spiro atoms. The summed E-state index contributed by atoms with van der Waals surface area (Å²) in [6.45, 7) is 3.07. The molecule has 0 unspecified atom stereocenters. The number of benzene rings is 2. The predicted molar refractivity (Wildman–Crippen MR) is 125 cm³/mol. The van der Waals surface area contributed by atoms with Crippen molar-refractivity contribution in [2.45, 2.75) is 25.6 Å². The van der Waals surface area contributed by atoms with Gasteiger partial charge in [-0.25, -0.2) is 0 Å². The minimum absolute atomic E-state index is 0.540. The Morgan fingerprint density at radius 1 is 1.00 bits per heavy atom. The third-order valence-electron chi connectivity index (χ3n) is 5.94. The molecule has 1 aliphatic heterocycles. The molecule has 0 radical (unpaired) electrons. The van der Waals surface area contributed by atoms with Gasteiger partial charge in [0.2, 0.25) is 0 Å². The summed E-state index contributed by atoms with van der Waals surface area (Å²) in [7, 11) is 0. The summed E-state index contributed by atoms with van der Waals surface area (Å²) in [6.07, 6.45) is 5.81. The minimum atomic E-state index is -0.540. The molecule has 32 heavy (non-hydrogen) atoms. The summed E-state index contributed by atoms with van der Waals surface area (Å²) in [6, 6.07) is 24.4. The van der Waals surface area contributed by atoms with E-state index in [1.54, 1.807) is 6.20 Å². The number of hydrogen-bond donors (Lipinski definition) is 1. The van der Waals surface area contributed by atoms with Crippen LogP contribution >= 0.6 is 0 Å². The number of aliphatic hydroxyl groups is 1. The number of aromatic nitrogens is 2. The third kappa shape index (κ3) is 4.59. The number of rotatable bonds is 6. The van der Waals surface area contributed by atoms with Gasteiger partial charge in [-0.15, -0.1) is 0 Å². The average Bonchev–Trinajstić information content (AvgIpc) is 3.19. The molecule has 0 fully saturated rings. The van der Waals surface area contributed by atoms with Crippen LogP contribution in [0.1, 0.15) is 28.5 Å². The van der Waals surface area contributed by atoms with E-state index in [0.29, 0.717) is 13.0 Å². The molecular weight excluding hydrogens is 398 g/mol. The highest BCUT2D eigenvalue weighted by atomic mass is 16.5. The molecular formula is C27H27N3O2. The summed E-state index contributed by atoms with van der Waals surface area (Å²) in [5, 5.41) is 10.8. The van der Waals surface area contributed by atoms with Gasteiger partial charge >= 0.3 is 0 Å². The Morgan fingerprint density at radius 2 is 1.91 bits per heavy atom. The second kappa shape index (κ2) is 9.39. The van der Waals surface area contributed by atoms with Crippen LogP contribution in [0.25, 0.3) is 5.69 Å². The molecule has 2 aromatic heterocycles. The van der Waals surface area contributed by atoms with E-state index in [1.165, 1.54) is 5.69 Å². The quantitative estimate of drug-likeness (QED) is 0.493. The van der Waals surface area contributed by atoms with Crippen molar-refractivity contribution in [2.24, 2.45) is 0 Å². The largest absolute Gasteiger partial charge is 0.492 e. The highest BCUT2D eigenvalue weighted by molar-refractivity contribution is 5.39. The summed E-state index contributed by atoms with van der Waals surface area (Å²) < 4.78 is 8.21. The van der Waals surface area contributed by atoms with Gasteiger partial charge in [0.15, 0.2) is 0 Å². The fraction of sp³-hybridized carbons (Fsp3) is 0.222. The normalized spacial score (nSPS) is 14.9. The van der Waals surface area contributed by atoms with Crippen LogP contribution in [0.3, 0.4) is 0 Å². The van der Waals surface area contributed by atoms with Gasteiger partial charge in [0.05, 0.1) is 18.0 Å². The molecule has 5 heteroatoms. The number of fused-ring (bicyclic) bond motifs is 1. The van der Waals surface area contributed by atoms with Crippen LogP contribution in [0.4, 0.5) is 0 Å². The predicted octanol–water partition coefficient (Wildman–Crippen LogP) is 4.54. The summed E-state index contributed by atoms with van der Waals surface area (Å²) >= 11 is 0. The number of ether oxygens (including phenoxy) is 1. The van der Waals surface area contributed by atoms with Crippen LogP contribution < -0.4 is 4.74 Å². The van der Waals surface area contributed by atoms with Crippen LogP contribution in [0.2, 0.25) is 0 Å². The zero-order valence-electron chi connectivity index (χ0n) is 18.0. The SMILES string of the molecule is O[C@@H](Cc1ccccc1)c1ccc2c(c1)CN(Cc1cccn1-c1cccnc1)CCO2. The van der Waals surface area contributed by atoms with E-state index in [0.717, 1.165) is 47.8 Å². The van der Waals surface area contributed by atoms with Gasteiger partial charge < -0.3 is 14.4 Å². The highest BCUT2D eigenvalue weighted by Crippen LogP contribution is 2.29. The van der Waals surface area contributed by atoms with Crippen molar-refractivity contribution in [3.8, 4) is 11.4 Å². The molecule has 1 atom stereocenters. The first-order chi connectivity index (χ1) is 15.8. The molecule has 0 saturated heterocycles. The molecule has 3 heterocycles. The number of nitrogens with zero attached hydrogens (tertiary/aromatic N) is 3. The fourth-order valence-electron chi connectivity index (χ4n) is 4.29. The van der Waals surface area contributed by atoms with Gasteiger partial charge in [0.1, 0.15) is 12.4 Å². The van der Waals surface area contributed by atoms with Crippen molar-refractivity contribution in [1.82, 2.24) is 14.5 Å². The first kappa shape index (κ1) is 20.5. The second-order valence-electron chi connectivity index (χ2n) is 8.21. The molecule has 4 aromatic rings. The monoisotopic (exact) mass is 425 g/mol. The Labute approximate surface area is 188 Å². The van der Waals surface area contributed by atoms with Crippen molar-refractivity contribution in [1.29, 1.82) is 0 Å². The van der Waals surface area contributed by atoms with Gasteiger partial charge in [-0.05, 0) is 47.5 Å². The van der Waals surface area contributed by atoms with Crippen molar-refractivity contribution >= 4 is 0 Å². The lowest BCUT2D eigenvalue weighted by molar-refractivity contribution is 0.178. The molecule has 162 valence electrons. The first-order valence-electron chi connectivity index (χ1n) is 11.0. The molecule has 0 aliphatic carbocycles. The standard InChI is InChI=1S/C27H27N3O2/c31-26(16-21-6-2-1-3-7-21)22-10-11-27-23(17-22)19-29(14-15-32-27)20-25-9-5-13-30(25)24-8-4-12-28-18-24/h1-13,17-18,26,31H,14-16,19-20H2/t26-/m0/s1. The van der Waals surface area contributed by atoms with E-state index in [4.69, 9.17) is 4.74 Å². The summed E-state index contributed by atoms with van der Waals surface area (Å²) in [4.78, 5) is 6.64. The van der Waals surface area contributed by atoms with E-state index in [-0.39, 0.29) is 0 Å². The maximum atomic E-state index is 10.8. The summed E-state index contributed by atoms with van der Waals surface area (Å²) in [5.74, 6) is 0.908. The average molecular weight is 426 g/mol. The van der Waals surface area contributed by atoms with Crippen LogP contribution in [-0.2, 0) is 19.5 Å². The lowest BCUT2D eigenvalue weighted by Gasteiger charge is -2.21. The van der Waals surface area contributed by atoms with Gasteiger partial charge in [-0.2, -0.15) is 0 Å². The van der Waals surface area contributed by atoms with E-state index in [9.17, 15) is 5.11 Å². The lowest BCUT2D eigenvalue weighted by Crippen LogP contribution is -2.26.